The van der Waals surface area contributed by atoms with Crippen LogP contribution in [0.15, 0.2) is 24.3 Å². The third-order valence-corrected chi connectivity index (χ3v) is 3.16. The van der Waals surface area contributed by atoms with Gasteiger partial charge in [0.2, 0.25) is 5.91 Å². The predicted molar refractivity (Wildman–Crippen MR) is 70.2 cm³/mol. The molecule has 18 heavy (non-hydrogen) atoms. The lowest BCUT2D eigenvalue weighted by molar-refractivity contribution is -0.131. The zero-order valence-corrected chi connectivity index (χ0v) is 11.0. The van der Waals surface area contributed by atoms with Gasteiger partial charge in [0, 0.05) is 25.6 Å². The molecule has 0 radical (unpaired) electrons. The molecule has 0 aliphatic heterocycles. The van der Waals surface area contributed by atoms with Crippen molar-refractivity contribution in [3.8, 4) is 5.75 Å². The number of aromatic hydroxyl groups is 1. The molecule has 1 amide bonds. The van der Waals surface area contributed by atoms with Crippen molar-refractivity contribution in [1.82, 2.24) is 4.90 Å². The maximum Gasteiger partial charge on any atom is 0.222 e. The van der Waals surface area contributed by atoms with Gasteiger partial charge in [-0.1, -0.05) is 18.2 Å². The number of nitrogens with zero attached hydrogens (tertiary/aromatic N) is 1. The molecule has 100 valence electrons. The highest BCUT2D eigenvalue weighted by molar-refractivity contribution is 5.76. The third-order valence-electron chi connectivity index (χ3n) is 3.16. The lowest BCUT2D eigenvalue weighted by Gasteiger charge is -2.26. The normalized spacial score (nSPS) is 12.2. The molecule has 1 rings (SSSR count). The Kier molecular flexibility index (Phi) is 5.65. The molecular formula is C14H21NO3. The summed E-state index contributed by atoms with van der Waals surface area (Å²) in [5, 5.41) is 18.4. The Morgan fingerprint density at radius 2 is 2.00 bits per heavy atom. The molecule has 4 heteroatoms. The van der Waals surface area contributed by atoms with E-state index in [1.54, 1.807) is 24.1 Å². The van der Waals surface area contributed by atoms with Gasteiger partial charge in [-0.15, -0.1) is 0 Å². The fraction of sp³-hybridized carbons (Fsp3) is 0.500. The highest BCUT2D eigenvalue weighted by atomic mass is 16.3. The number of benzene rings is 1. The van der Waals surface area contributed by atoms with E-state index in [2.05, 4.69) is 0 Å². The van der Waals surface area contributed by atoms with E-state index in [0.29, 0.717) is 19.3 Å². The molecule has 0 saturated carbocycles. The summed E-state index contributed by atoms with van der Waals surface area (Å²) in [4.78, 5) is 13.5. The van der Waals surface area contributed by atoms with Crippen LogP contribution in [0, 0.1) is 0 Å². The Hall–Kier alpha value is -1.55. The quantitative estimate of drug-likeness (QED) is 0.761. The van der Waals surface area contributed by atoms with Crippen LogP contribution >= 0.6 is 0 Å². The van der Waals surface area contributed by atoms with Gasteiger partial charge in [0.25, 0.3) is 0 Å². The third kappa shape index (κ3) is 3.74. The molecular weight excluding hydrogens is 230 g/mol. The summed E-state index contributed by atoms with van der Waals surface area (Å²) in [6, 6.07) is 6.88. The second-order valence-corrected chi connectivity index (χ2v) is 4.42. The van der Waals surface area contributed by atoms with Crippen molar-refractivity contribution < 1.29 is 15.0 Å². The molecule has 0 aliphatic carbocycles. The van der Waals surface area contributed by atoms with E-state index < -0.39 is 0 Å². The average Bonchev–Trinajstić information content (AvgIpc) is 2.38. The van der Waals surface area contributed by atoms with Gasteiger partial charge in [0.05, 0.1) is 6.04 Å². The maximum absolute atomic E-state index is 11.9. The van der Waals surface area contributed by atoms with Gasteiger partial charge in [-0.3, -0.25) is 4.79 Å². The second kappa shape index (κ2) is 7.01. The van der Waals surface area contributed by atoms with Crippen molar-refractivity contribution in [3.63, 3.8) is 0 Å². The largest absolute Gasteiger partial charge is 0.508 e. The van der Waals surface area contributed by atoms with Crippen LogP contribution in [0.5, 0.6) is 5.75 Å². The van der Waals surface area contributed by atoms with Crippen LogP contribution in [0.3, 0.4) is 0 Å². The SMILES string of the molecule is CC(c1ccccc1O)N(C)C(=O)CCCCO. The minimum Gasteiger partial charge on any atom is -0.508 e. The van der Waals surface area contributed by atoms with E-state index in [4.69, 9.17) is 5.11 Å². The summed E-state index contributed by atoms with van der Waals surface area (Å²) in [5.74, 6) is 0.235. The zero-order chi connectivity index (χ0) is 13.5. The first-order valence-electron chi connectivity index (χ1n) is 6.22. The Balaban J connectivity index is 2.63. The monoisotopic (exact) mass is 251 g/mol. The highest BCUT2D eigenvalue weighted by Crippen LogP contribution is 2.27. The van der Waals surface area contributed by atoms with Gasteiger partial charge < -0.3 is 15.1 Å². The summed E-state index contributed by atoms with van der Waals surface area (Å²) in [5.41, 5.74) is 0.746. The fourth-order valence-corrected chi connectivity index (χ4v) is 1.83. The van der Waals surface area contributed by atoms with Crippen LogP contribution < -0.4 is 0 Å². The number of para-hydroxylation sites is 1. The molecule has 4 nitrogen and oxygen atoms in total. The van der Waals surface area contributed by atoms with Crippen LogP contribution in [0.1, 0.15) is 37.8 Å². The first-order chi connectivity index (χ1) is 8.57. The number of aliphatic hydroxyl groups is 1. The van der Waals surface area contributed by atoms with Crippen molar-refractivity contribution >= 4 is 5.91 Å². The molecule has 2 N–H and O–H groups in total. The number of hydrogen-bond donors (Lipinski definition) is 2. The van der Waals surface area contributed by atoms with Gasteiger partial charge in [0.1, 0.15) is 5.75 Å². The minimum atomic E-state index is -0.159. The summed E-state index contributed by atoms with van der Waals surface area (Å²) in [6.45, 7) is 2.00. The summed E-state index contributed by atoms with van der Waals surface area (Å²) in [7, 11) is 1.73. The molecule has 1 unspecified atom stereocenters. The summed E-state index contributed by atoms with van der Waals surface area (Å²) in [6.07, 6.45) is 1.76. The minimum absolute atomic E-state index is 0.0270. The molecule has 0 bridgehead atoms. The smallest absolute Gasteiger partial charge is 0.222 e. The number of carbonyl (C=O) groups excluding carboxylic acids is 1. The van der Waals surface area contributed by atoms with E-state index in [-0.39, 0.29) is 24.3 Å². The molecule has 1 atom stereocenters. The summed E-state index contributed by atoms with van der Waals surface area (Å²) < 4.78 is 0. The van der Waals surface area contributed by atoms with Crippen molar-refractivity contribution in [2.24, 2.45) is 0 Å². The number of hydrogen-bond acceptors (Lipinski definition) is 3. The Morgan fingerprint density at radius 1 is 1.33 bits per heavy atom. The highest BCUT2D eigenvalue weighted by Gasteiger charge is 2.18. The molecule has 1 aromatic carbocycles. The van der Waals surface area contributed by atoms with Crippen LogP contribution in [-0.2, 0) is 4.79 Å². The zero-order valence-electron chi connectivity index (χ0n) is 11.0. The van der Waals surface area contributed by atoms with Gasteiger partial charge in [0.15, 0.2) is 0 Å². The molecule has 0 fully saturated rings. The molecule has 0 heterocycles. The topological polar surface area (TPSA) is 60.8 Å². The maximum atomic E-state index is 11.9. The van der Waals surface area contributed by atoms with Gasteiger partial charge in [-0.05, 0) is 25.8 Å². The average molecular weight is 251 g/mol. The number of phenolic OH excluding ortho intramolecular Hbond substituents is 1. The van der Waals surface area contributed by atoms with Crippen LogP contribution in [0.25, 0.3) is 0 Å². The number of carbonyl (C=O) groups is 1. The Labute approximate surface area is 108 Å². The standard InChI is InChI=1S/C14H21NO3/c1-11(12-7-3-4-8-13(12)17)15(2)14(18)9-5-6-10-16/h3-4,7-8,11,16-17H,5-6,9-10H2,1-2H3. The number of rotatable bonds is 6. The molecule has 1 aromatic rings. The first kappa shape index (κ1) is 14.5. The van der Waals surface area contributed by atoms with Crippen molar-refractivity contribution in [1.29, 1.82) is 0 Å². The Bertz CT molecular complexity index is 392. The number of phenols is 1. The number of aliphatic hydroxyl groups excluding tert-OH is 1. The fourth-order valence-electron chi connectivity index (χ4n) is 1.83. The van der Waals surface area contributed by atoms with Crippen molar-refractivity contribution in [3.05, 3.63) is 29.8 Å². The van der Waals surface area contributed by atoms with E-state index in [9.17, 15) is 9.90 Å². The lowest BCUT2D eigenvalue weighted by Crippen LogP contribution is -2.29. The van der Waals surface area contributed by atoms with Crippen LogP contribution in [0.2, 0.25) is 0 Å². The van der Waals surface area contributed by atoms with Gasteiger partial charge in [-0.2, -0.15) is 0 Å². The van der Waals surface area contributed by atoms with Crippen molar-refractivity contribution in [2.75, 3.05) is 13.7 Å². The van der Waals surface area contributed by atoms with E-state index >= 15 is 0 Å². The molecule has 0 aromatic heterocycles. The number of amides is 1. The van der Waals surface area contributed by atoms with E-state index in [1.165, 1.54) is 0 Å². The first-order valence-corrected chi connectivity index (χ1v) is 6.22. The van der Waals surface area contributed by atoms with Gasteiger partial charge >= 0.3 is 0 Å². The van der Waals surface area contributed by atoms with Crippen molar-refractivity contribution in [2.45, 2.75) is 32.2 Å². The van der Waals surface area contributed by atoms with Gasteiger partial charge in [-0.25, -0.2) is 0 Å². The molecule has 0 saturated heterocycles. The lowest BCUT2D eigenvalue weighted by atomic mass is 10.1. The number of unbranched alkanes of at least 4 members (excludes halogenated alkanes) is 1. The molecule has 0 aliphatic rings. The van der Waals surface area contributed by atoms with Crippen LogP contribution in [-0.4, -0.2) is 34.7 Å². The molecule has 0 spiro atoms. The van der Waals surface area contributed by atoms with E-state index in [0.717, 1.165) is 5.56 Å². The Morgan fingerprint density at radius 3 is 2.61 bits per heavy atom. The van der Waals surface area contributed by atoms with E-state index in [1.807, 2.05) is 19.1 Å². The second-order valence-electron chi connectivity index (χ2n) is 4.42. The summed E-state index contributed by atoms with van der Waals surface area (Å²) >= 11 is 0. The predicted octanol–water partition coefficient (Wildman–Crippen LogP) is 2.07. The van der Waals surface area contributed by atoms with Crippen LogP contribution in [0.4, 0.5) is 0 Å².